The van der Waals surface area contributed by atoms with Crippen LogP contribution in [0.5, 0.6) is 0 Å². The van der Waals surface area contributed by atoms with E-state index in [9.17, 15) is 4.79 Å². The molecule has 0 aliphatic carbocycles. The first kappa shape index (κ1) is 21.9. The van der Waals surface area contributed by atoms with Crippen molar-refractivity contribution in [2.24, 2.45) is 0 Å². The van der Waals surface area contributed by atoms with E-state index in [0.29, 0.717) is 11.4 Å². The number of aryl methyl sites for hydroxylation is 2. The molecule has 5 nitrogen and oxygen atoms in total. The third-order valence-corrected chi connectivity index (χ3v) is 6.39. The second-order valence-corrected chi connectivity index (χ2v) is 9.37. The fourth-order valence-corrected chi connectivity index (χ4v) is 4.29. The van der Waals surface area contributed by atoms with Crippen molar-refractivity contribution in [3.63, 3.8) is 0 Å². The molecular weight excluding hydrogens is 436 g/mol. The molecule has 2 heterocycles. The van der Waals surface area contributed by atoms with E-state index < -0.39 is 0 Å². The Labute approximate surface area is 196 Å². The van der Waals surface area contributed by atoms with Crippen molar-refractivity contribution in [2.75, 3.05) is 10.6 Å². The topological polar surface area (TPSA) is 66.9 Å². The second kappa shape index (κ2) is 10.3. The number of urea groups is 1. The zero-order valence-corrected chi connectivity index (χ0v) is 19.3. The normalized spacial score (nSPS) is 10.6. The molecule has 2 aromatic heterocycles. The number of aromatic nitrogens is 2. The Hall–Kier alpha value is -3.29. The van der Waals surface area contributed by atoms with Crippen LogP contribution in [0, 0.1) is 13.8 Å². The Bertz CT molecular complexity index is 1080. The van der Waals surface area contributed by atoms with E-state index in [1.54, 1.807) is 35.9 Å². The SMILES string of the molecule is Cc1ccc(Sc2ccc(NC(=O)Nc3ccc(Sc4ccc(C)cc4)nc3)cn2)cc1. The zero-order valence-electron chi connectivity index (χ0n) is 17.7. The zero-order chi connectivity index (χ0) is 22.3. The monoisotopic (exact) mass is 458 g/mol. The van der Waals surface area contributed by atoms with Gasteiger partial charge < -0.3 is 10.6 Å². The third-order valence-electron chi connectivity index (χ3n) is 4.48. The average molecular weight is 459 g/mol. The standard InChI is InChI=1S/C25H22N4OS2/c1-17-3-9-21(10-4-17)31-23-13-7-19(15-26-23)28-25(30)29-20-8-14-24(27-16-20)32-22-11-5-18(2)6-12-22/h3-16H,1-2H3,(H2,28,29,30). The second-order valence-electron chi connectivity index (χ2n) is 7.18. The van der Waals surface area contributed by atoms with Crippen molar-refractivity contribution < 1.29 is 4.79 Å². The molecule has 0 radical (unpaired) electrons. The molecule has 2 amide bonds. The molecule has 0 bridgehead atoms. The maximum atomic E-state index is 12.3. The molecular formula is C25H22N4OS2. The highest BCUT2D eigenvalue weighted by atomic mass is 32.2. The minimum atomic E-state index is -0.341. The number of benzene rings is 2. The lowest BCUT2D eigenvalue weighted by Crippen LogP contribution is -2.19. The first-order valence-electron chi connectivity index (χ1n) is 10.0. The quantitative estimate of drug-likeness (QED) is 0.324. The molecule has 32 heavy (non-hydrogen) atoms. The Morgan fingerprint density at radius 1 is 0.625 bits per heavy atom. The molecule has 0 saturated heterocycles. The van der Waals surface area contributed by atoms with Gasteiger partial charge in [0, 0.05) is 9.79 Å². The number of hydrogen-bond donors (Lipinski definition) is 2. The molecule has 0 saturated carbocycles. The Balaban J connectivity index is 1.29. The molecule has 0 atom stereocenters. The van der Waals surface area contributed by atoms with Gasteiger partial charge in [0.05, 0.1) is 23.8 Å². The van der Waals surface area contributed by atoms with E-state index in [4.69, 9.17) is 0 Å². The molecule has 2 aromatic carbocycles. The lowest BCUT2D eigenvalue weighted by Gasteiger charge is -2.08. The van der Waals surface area contributed by atoms with Gasteiger partial charge in [-0.3, -0.25) is 0 Å². The van der Waals surface area contributed by atoms with Gasteiger partial charge in [0.1, 0.15) is 10.1 Å². The van der Waals surface area contributed by atoms with Crippen molar-refractivity contribution in [3.8, 4) is 0 Å². The van der Waals surface area contributed by atoms with Crippen LogP contribution in [-0.4, -0.2) is 16.0 Å². The Kier molecular flexibility index (Phi) is 7.09. The van der Waals surface area contributed by atoms with Crippen LogP contribution in [0.1, 0.15) is 11.1 Å². The van der Waals surface area contributed by atoms with Crippen LogP contribution in [0.4, 0.5) is 16.2 Å². The van der Waals surface area contributed by atoms with Crippen LogP contribution < -0.4 is 10.6 Å². The molecule has 0 unspecified atom stereocenters. The van der Waals surface area contributed by atoms with Crippen LogP contribution in [0.15, 0.2) is 105 Å². The number of carbonyl (C=O) groups excluding carboxylic acids is 1. The van der Waals surface area contributed by atoms with Crippen molar-refractivity contribution in [3.05, 3.63) is 96.3 Å². The minimum Gasteiger partial charge on any atom is -0.306 e. The van der Waals surface area contributed by atoms with E-state index in [2.05, 4.69) is 83.0 Å². The summed E-state index contributed by atoms with van der Waals surface area (Å²) in [5.74, 6) is 0. The summed E-state index contributed by atoms with van der Waals surface area (Å²) in [5, 5.41) is 7.32. The van der Waals surface area contributed by atoms with E-state index in [-0.39, 0.29) is 6.03 Å². The Morgan fingerprint density at radius 3 is 1.38 bits per heavy atom. The van der Waals surface area contributed by atoms with Crippen molar-refractivity contribution in [1.82, 2.24) is 9.97 Å². The largest absolute Gasteiger partial charge is 0.323 e. The highest BCUT2D eigenvalue weighted by molar-refractivity contribution is 7.99. The number of rotatable bonds is 6. The first-order chi connectivity index (χ1) is 15.5. The number of nitrogens with one attached hydrogen (secondary N) is 2. The Morgan fingerprint density at radius 2 is 1.03 bits per heavy atom. The summed E-state index contributed by atoms with van der Waals surface area (Å²) >= 11 is 3.16. The van der Waals surface area contributed by atoms with Gasteiger partial charge in [0.25, 0.3) is 0 Å². The number of hydrogen-bond acceptors (Lipinski definition) is 5. The van der Waals surface area contributed by atoms with Crippen LogP contribution in [0.25, 0.3) is 0 Å². The van der Waals surface area contributed by atoms with Crippen LogP contribution in [0.2, 0.25) is 0 Å². The van der Waals surface area contributed by atoms with E-state index in [1.165, 1.54) is 11.1 Å². The lowest BCUT2D eigenvalue weighted by molar-refractivity contribution is 0.262. The van der Waals surface area contributed by atoms with Crippen LogP contribution in [-0.2, 0) is 0 Å². The summed E-state index contributed by atoms with van der Waals surface area (Å²) in [7, 11) is 0. The van der Waals surface area contributed by atoms with Gasteiger partial charge >= 0.3 is 6.03 Å². The van der Waals surface area contributed by atoms with E-state index in [1.807, 2.05) is 24.3 Å². The molecule has 7 heteroatoms. The fourth-order valence-electron chi connectivity index (χ4n) is 2.78. The van der Waals surface area contributed by atoms with Gasteiger partial charge in [-0.15, -0.1) is 0 Å². The molecule has 0 aliphatic rings. The van der Waals surface area contributed by atoms with Gasteiger partial charge in [-0.05, 0) is 62.4 Å². The van der Waals surface area contributed by atoms with E-state index in [0.717, 1.165) is 19.8 Å². The van der Waals surface area contributed by atoms with Gasteiger partial charge in [0.2, 0.25) is 0 Å². The predicted molar refractivity (Wildman–Crippen MR) is 132 cm³/mol. The third kappa shape index (κ3) is 6.35. The maximum Gasteiger partial charge on any atom is 0.323 e. The van der Waals surface area contributed by atoms with Gasteiger partial charge in [0.15, 0.2) is 0 Å². The number of pyridine rings is 2. The van der Waals surface area contributed by atoms with Crippen molar-refractivity contribution in [1.29, 1.82) is 0 Å². The minimum absolute atomic E-state index is 0.341. The molecule has 2 N–H and O–H groups in total. The van der Waals surface area contributed by atoms with Crippen molar-refractivity contribution in [2.45, 2.75) is 33.7 Å². The number of carbonyl (C=O) groups is 1. The number of amides is 2. The number of nitrogens with zero attached hydrogens (tertiary/aromatic N) is 2. The van der Waals surface area contributed by atoms with Crippen molar-refractivity contribution >= 4 is 40.9 Å². The maximum absolute atomic E-state index is 12.3. The summed E-state index contributed by atoms with van der Waals surface area (Å²) in [6.07, 6.45) is 3.30. The molecule has 0 spiro atoms. The van der Waals surface area contributed by atoms with Gasteiger partial charge in [-0.1, -0.05) is 58.9 Å². The van der Waals surface area contributed by atoms with Gasteiger partial charge in [-0.2, -0.15) is 0 Å². The smallest absolute Gasteiger partial charge is 0.306 e. The fraction of sp³-hybridized carbons (Fsp3) is 0.0800. The van der Waals surface area contributed by atoms with Crippen LogP contribution >= 0.6 is 23.5 Å². The lowest BCUT2D eigenvalue weighted by atomic mass is 10.2. The first-order valence-corrected chi connectivity index (χ1v) is 11.7. The average Bonchev–Trinajstić information content (AvgIpc) is 2.79. The molecule has 0 aliphatic heterocycles. The molecule has 4 aromatic rings. The summed E-state index contributed by atoms with van der Waals surface area (Å²) in [6, 6.07) is 23.7. The number of anilines is 2. The molecule has 160 valence electrons. The predicted octanol–water partition coefficient (Wildman–Crippen LogP) is 7.04. The van der Waals surface area contributed by atoms with Gasteiger partial charge in [-0.25, -0.2) is 14.8 Å². The summed E-state index contributed by atoms with van der Waals surface area (Å²) in [5.41, 5.74) is 3.69. The molecule has 0 fully saturated rings. The summed E-state index contributed by atoms with van der Waals surface area (Å²) in [6.45, 7) is 4.13. The molecule has 4 rings (SSSR count). The summed E-state index contributed by atoms with van der Waals surface area (Å²) in [4.78, 5) is 23.4. The highest BCUT2D eigenvalue weighted by Crippen LogP contribution is 2.28. The van der Waals surface area contributed by atoms with Crippen LogP contribution in [0.3, 0.4) is 0 Å². The van der Waals surface area contributed by atoms with E-state index >= 15 is 0 Å². The highest BCUT2D eigenvalue weighted by Gasteiger charge is 2.06. The summed E-state index contributed by atoms with van der Waals surface area (Å²) < 4.78 is 0.